The molecular weight excluding hydrogens is 308 g/mol. The molecule has 3 nitrogen and oxygen atoms in total. The van der Waals surface area contributed by atoms with E-state index in [2.05, 4.69) is 26.0 Å². The van der Waals surface area contributed by atoms with Crippen LogP contribution in [0.4, 0.5) is 14.5 Å². The molecule has 1 N–H and O–H groups in total. The highest BCUT2D eigenvalue weighted by atomic mass is 79.9. The van der Waals surface area contributed by atoms with Crippen LogP contribution in [0.2, 0.25) is 0 Å². The minimum atomic E-state index is -0.804. The number of carbonyl (C=O) groups excluding carboxylic acids is 1. The number of benzene rings is 1. The molecule has 1 rings (SSSR count). The number of halogens is 3. The lowest BCUT2D eigenvalue weighted by atomic mass is 9.93. The largest absolute Gasteiger partial charge is 0.469 e. The van der Waals surface area contributed by atoms with Gasteiger partial charge in [-0.05, 0) is 35.8 Å². The van der Waals surface area contributed by atoms with Crippen molar-refractivity contribution < 1.29 is 18.3 Å². The first-order valence-electron chi connectivity index (χ1n) is 5.25. The number of anilines is 1. The van der Waals surface area contributed by atoms with Crippen LogP contribution in [0.5, 0.6) is 0 Å². The zero-order valence-electron chi connectivity index (χ0n) is 10.3. The van der Waals surface area contributed by atoms with E-state index >= 15 is 0 Å². The van der Waals surface area contributed by atoms with Crippen LogP contribution < -0.4 is 5.32 Å². The van der Waals surface area contributed by atoms with Crippen LogP contribution in [-0.2, 0) is 9.53 Å². The number of esters is 1. The maximum absolute atomic E-state index is 13.4. The number of hydrogen-bond donors (Lipinski definition) is 1. The second-order valence-corrected chi connectivity index (χ2v) is 5.33. The van der Waals surface area contributed by atoms with E-state index in [1.807, 2.05) is 0 Å². The Morgan fingerprint density at radius 3 is 2.56 bits per heavy atom. The minimum Gasteiger partial charge on any atom is -0.469 e. The van der Waals surface area contributed by atoms with E-state index in [0.29, 0.717) is 0 Å². The summed E-state index contributed by atoms with van der Waals surface area (Å²) in [4.78, 5) is 11.4. The standard InChI is InChI=1S/C12H14BrF2NO2/c1-12(2,11(17)18-3)6-16-10-4-7(13)8(14)5-9(10)15/h4-5,16H,6H2,1-3H3. The van der Waals surface area contributed by atoms with E-state index in [4.69, 9.17) is 0 Å². The summed E-state index contributed by atoms with van der Waals surface area (Å²) in [6, 6.07) is 2.07. The summed E-state index contributed by atoms with van der Waals surface area (Å²) in [5, 5.41) is 2.76. The molecule has 0 atom stereocenters. The molecule has 0 aliphatic rings. The van der Waals surface area contributed by atoms with Gasteiger partial charge in [-0.3, -0.25) is 4.79 Å². The zero-order valence-corrected chi connectivity index (χ0v) is 11.9. The fraction of sp³-hybridized carbons (Fsp3) is 0.417. The van der Waals surface area contributed by atoms with E-state index in [1.54, 1.807) is 13.8 Å². The van der Waals surface area contributed by atoms with Gasteiger partial charge in [-0.1, -0.05) is 0 Å². The number of methoxy groups -OCH3 is 1. The highest BCUT2D eigenvalue weighted by molar-refractivity contribution is 9.10. The van der Waals surface area contributed by atoms with Crippen molar-refractivity contribution >= 4 is 27.6 Å². The van der Waals surface area contributed by atoms with Crippen molar-refractivity contribution in [1.29, 1.82) is 0 Å². The van der Waals surface area contributed by atoms with Gasteiger partial charge in [-0.15, -0.1) is 0 Å². The van der Waals surface area contributed by atoms with Gasteiger partial charge in [0.2, 0.25) is 0 Å². The lowest BCUT2D eigenvalue weighted by Gasteiger charge is -2.22. The van der Waals surface area contributed by atoms with Crippen LogP contribution in [0.1, 0.15) is 13.8 Å². The summed E-state index contributed by atoms with van der Waals surface area (Å²) < 4.78 is 31.3. The third-order valence-corrected chi connectivity index (χ3v) is 3.08. The van der Waals surface area contributed by atoms with Crippen LogP contribution in [0.25, 0.3) is 0 Å². The molecule has 0 amide bonds. The molecule has 1 aromatic carbocycles. The highest BCUT2D eigenvalue weighted by Crippen LogP contribution is 2.25. The second kappa shape index (κ2) is 5.65. The van der Waals surface area contributed by atoms with E-state index in [9.17, 15) is 13.6 Å². The maximum atomic E-state index is 13.4. The lowest BCUT2D eigenvalue weighted by molar-refractivity contribution is -0.149. The molecule has 100 valence electrons. The molecular formula is C12H14BrF2NO2. The molecule has 0 aliphatic heterocycles. The Balaban J connectivity index is 2.81. The number of hydrogen-bond acceptors (Lipinski definition) is 3. The number of ether oxygens (including phenoxy) is 1. The summed E-state index contributed by atoms with van der Waals surface area (Å²) in [5.74, 6) is -1.79. The van der Waals surface area contributed by atoms with Gasteiger partial charge in [0.25, 0.3) is 0 Å². The first kappa shape index (κ1) is 14.9. The molecule has 1 aromatic rings. The maximum Gasteiger partial charge on any atom is 0.313 e. The number of carbonyl (C=O) groups is 1. The minimum absolute atomic E-state index is 0.125. The van der Waals surface area contributed by atoms with Crippen molar-refractivity contribution in [3.63, 3.8) is 0 Å². The van der Waals surface area contributed by atoms with Crippen LogP contribution >= 0.6 is 15.9 Å². The van der Waals surface area contributed by atoms with E-state index < -0.39 is 23.0 Å². The van der Waals surface area contributed by atoms with Crippen molar-refractivity contribution in [3.8, 4) is 0 Å². The predicted molar refractivity (Wildman–Crippen MR) is 68.3 cm³/mol. The normalized spacial score (nSPS) is 11.2. The Kier molecular flexibility index (Phi) is 4.67. The quantitative estimate of drug-likeness (QED) is 0.682. The fourth-order valence-electron chi connectivity index (χ4n) is 1.32. The molecule has 0 radical (unpaired) electrons. The monoisotopic (exact) mass is 321 g/mol. The zero-order chi connectivity index (χ0) is 13.9. The third kappa shape index (κ3) is 3.41. The van der Waals surface area contributed by atoms with E-state index in [0.717, 1.165) is 6.07 Å². The average Bonchev–Trinajstić information content (AvgIpc) is 2.31. The van der Waals surface area contributed by atoms with Crippen molar-refractivity contribution in [1.82, 2.24) is 0 Å². The smallest absolute Gasteiger partial charge is 0.313 e. The van der Waals surface area contributed by atoms with Crippen molar-refractivity contribution in [3.05, 3.63) is 28.2 Å². The molecule has 0 heterocycles. The third-order valence-electron chi connectivity index (χ3n) is 2.47. The Bertz CT molecular complexity index is 464. The number of nitrogens with one attached hydrogen (secondary N) is 1. The molecule has 0 bridgehead atoms. The van der Waals surface area contributed by atoms with Gasteiger partial charge in [0, 0.05) is 12.6 Å². The second-order valence-electron chi connectivity index (χ2n) is 4.48. The lowest BCUT2D eigenvalue weighted by Crippen LogP contribution is -2.33. The van der Waals surface area contributed by atoms with Gasteiger partial charge in [0.1, 0.15) is 11.6 Å². The van der Waals surface area contributed by atoms with Crippen molar-refractivity contribution in [2.45, 2.75) is 13.8 Å². The van der Waals surface area contributed by atoms with Gasteiger partial charge in [0.15, 0.2) is 0 Å². The van der Waals surface area contributed by atoms with Gasteiger partial charge in [-0.25, -0.2) is 8.78 Å². The fourth-order valence-corrected chi connectivity index (χ4v) is 1.67. The Labute approximate surface area is 113 Å². The first-order valence-corrected chi connectivity index (χ1v) is 6.04. The van der Waals surface area contributed by atoms with E-state index in [-0.39, 0.29) is 16.7 Å². The van der Waals surface area contributed by atoms with Gasteiger partial charge in [0.05, 0.1) is 22.7 Å². The van der Waals surface area contributed by atoms with Gasteiger partial charge < -0.3 is 10.1 Å². The molecule has 6 heteroatoms. The summed E-state index contributed by atoms with van der Waals surface area (Å²) in [6.07, 6.45) is 0. The molecule has 0 fully saturated rings. The Hall–Kier alpha value is -1.17. The SMILES string of the molecule is COC(=O)C(C)(C)CNc1cc(Br)c(F)cc1F. The van der Waals surface area contributed by atoms with Gasteiger partial charge >= 0.3 is 5.97 Å². The van der Waals surface area contributed by atoms with Crippen molar-refractivity contribution in [2.24, 2.45) is 5.41 Å². The first-order chi connectivity index (χ1) is 8.27. The van der Waals surface area contributed by atoms with Crippen LogP contribution in [0, 0.1) is 17.0 Å². The Morgan fingerprint density at radius 2 is 2.00 bits per heavy atom. The molecule has 0 unspecified atom stereocenters. The molecule has 0 aliphatic carbocycles. The highest BCUT2D eigenvalue weighted by Gasteiger charge is 2.28. The summed E-state index contributed by atoms with van der Waals surface area (Å²) >= 11 is 2.97. The van der Waals surface area contributed by atoms with Gasteiger partial charge in [-0.2, -0.15) is 0 Å². The van der Waals surface area contributed by atoms with Crippen LogP contribution in [-0.4, -0.2) is 19.6 Å². The average molecular weight is 322 g/mol. The Morgan fingerprint density at radius 1 is 1.39 bits per heavy atom. The molecule has 0 saturated heterocycles. The summed E-state index contributed by atoms with van der Waals surface area (Å²) in [6.45, 7) is 3.51. The molecule has 0 aromatic heterocycles. The summed E-state index contributed by atoms with van der Waals surface area (Å²) in [5.41, 5.74) is -0.678. The molecule has 18 heavy (non-hydrogen) atoms. The summed E-state index contributed by atoms with van der Waals surface area (Å²) in [7, 11) is 1.29. The predicted octanol–water partition coefficient (Wildman–Crippen LogP) is 3.34. The van der Waals surface area contributed by atoms with Crippen LogP contribution in [0.15, 0.2) is 16.6 Å². The molecule has 0 saturated carbocycles. The topological polar surface area (TPSA) is 38.3 Å². The molecule has 0 spiro atoms. The number of rotatable bonds is 4. The van der Waals surface area contributed by atoms with Crippen LogP contribution in [0.3, 0.4) is 0 Å². The van der Waals surface area contributed by atoms with Crippen molar-refractivity contribution in [2.75, 3.05) is 19.0 Å². The van der Waals surface area contributed by atoms with E-state index in [1.165, 1.54) is 13.2 Å².